The molecule has 0 spiro atoms. The molecular weight excluding hydrogens is 463 g/mol. The molecule has 0 aliphatic heterocycles. The van der Waals surface area contributed by atoms with Crippen molar-refractivity contribution < 1.29 is 27.0 Å². The molecule has 4 nitrogen and oxygen atoms in total. The lowest BCUT2D eigenvalue weighted by Gasteiger charge is -2.32. The van der Waals surface area contributed by atoms with Crippen LogP contribution in [-0.2, 0) is 39.4 Å². The number of carbonyl (C=O) groups excluding carboxylic acids is 2. The predicted octanol–water partition coefficient (Wildman–Crippen LogP) is 5.61. The zero-order chi connectivity index (χ0) is 25.2. The van der Waals surface area contributed by atoms with Crippen LogP contribution < -0.4 is 0 Å². The van der Waals surface area contributed by atoms with Crippen molar-refractivity contribution in [3.05, 3.63) is 58.4 Å². The summed E-state index contributed by atoms with van der Waals surface area (Å²) in [6.07, 6.45) is -1.66. The van der Waals surface area contributed by atoms with Gasteiger partial charge in [0.05, 0.1) is 15.7 Å². The number of hydrogen-bond donors (Lipinski definition) is 0. The van der Waals surface area contributed by atoms with E-state index in [-0.39, 0.29) is 46.9 Å². The van der Waals surface area contributed by atoms with Crippen molar-refractivity contribution in [3.8, 4) is 0 Å². The van der Waals surface area contributed by atoms with E-state index >= 15 is 0 Å². The molecule has 1 aliphatic rings. The van der Waals surface area contributed by atoms with Gasteiger partial charge in [0.1, 0.15) is 23.2 Å². The summed E-state index contributed by atoms with van der Waals surface area (Å²) in [6.45, 7) is 7.88. The van der Waals surface area contributed by atoms with Crippen LogP contribution in [0.15, 0.2) is 35.4 Å². The third-order valence-corrected chi connectivity index (χ3v) is 8.22. The van der Waals surface area contributed by atoms with Crippen molar-refractivity contribution in [3.63, 3.8) is 0 Å². The number of hydrogen-bond acceptors (Lipinski definition) is 4. The van der Waals surface area contributed by atoms with Crippen LogP contribution in [0.25, 0.3) is 0 Å². The second-order valence-electron chi connectivity index (χ2n) is 9.10. The fourth-order valence-electron chi connectivity index (χ4n) is 4.79. The molecule has 34 heavy (non-hydrogen) atoms. The Kier molecular flexibility index (Phi) is 8.11. The molecule has 0 radical (unpaired) electrons. The molecule has 184 valence electrons. The van der Waals surface area contributed by atoms with Crippen molar-refractivity contribution in [2.45, 2.75) is 70.4 Å². The molecule has 0 N–H and O–H groups in total. The van der Waals surface area contributed by atoms with Crippen LogP contribution in [0.4, 0.5) is 13.2 Å². The molecule has 3 rings (SSSR count). The standard InChI is InChI=1S/C26H30F3NO3S/c1-5-17-9-15(3)10-18(6-2)24(17)25-21(31)11-19(12-22(25)32)16(4)14-34(33)20-7-8-23(30-13-20)26(27,28)29/h7-10,13,16,19,25H,5-6,11-12,14H2,1-4H3. The molecule has 0 bridgehead atoms. The quantitative estimate of drug-likeness (QED) is 0.471. The third kappa shape index (κ3) is 5.65. The van der Waals surface area contributed by atoms with E-state index in [1.165, 1.54) is 6.07 Å². The van der Waals surface area contributed by atoms with Crippen molar-refractivity contribution >= 4 is 22.4 Å². The molecule has 1 aliphatic carbocycles. The molecule has 2 aromatic rings. The second-order valence-corrected chi connectivity index (χ2v) is 10.6. The van der Waals surface area contributed by atoms with Gasteiger partial charge in [-0.15, -0.1) is 0 Å². The molecule has 2 unspecified atom stereocenters. The summed E-state index contributed by atoms with van der Waals surface area (Å²) in [7, 11) is -1.58. The smallest absolute Gasteiger partial charge is 0.299 e. The van der Waals surface area contributed by atoms with Crippen molar-refractivity contribution in [2.24, 2.45) is 11.8 Å². The van der Waals surface area contributed by atoms with Gasteiger partial charge in [-0.05, 0) is 60.4 Å². The van der Waals surface area contributed by atoms with Crippen LogP contribution in [0, 0.1) is 18.8 Å². The summed E-state index contributed by atoms with van der Waals surface area (Å²) in [5.74, 6) is -1.28. The number of halogens is 3. The predicted molar refractivity (Wildman–Crippen MR) is 125 cm³/mol. The van der Waals surface area contributed by atoms with Crippen molar-refractivity contribution in [1.82, 2.24) is 4.98 Å². The van der Waals surface area contributed by atoms with Gasteiger partial charge in [-0.2, -0.15) is 13.2 Å². The maximum Gasteiger partial charge on any atom is 0.433 e. The topological polar surface area (TPSA) is 64.1 Å². The van der Waals surface area contributed by atoms with Crippen molar-refractivity contribution in [1.29, 1.82) is 0 Å². The van der Waals surface area contributed by atoms with E-state index in [9.17, 15) is 27.0 Å². The van der Waals surface area contributed by atoms with Gasteiger partial charge in [0.2, 0.25) is 0 Å². The fraction of sp³-hybridized carbons (Fsp3) is 0.500. The maximum absolute atomic E-state index is 13.2. The highest BCUT2D eigenvalue weighted by Crippen LogP contribution is 2.38. The van der Waals surface area contributed by atoms with Gasteiger partial charge < -0.3 is 0 Å². The van der Waals surface area contributed by atoms with Gasteiger partial charge >= 0.3 is 6.18 Å². The summed E-state index contributed by atoms with van der Waals surface area (Å²) in [5.41, 5.74) is 3.00. The van der Waals surface area contributed by atoms with E-state index in [1.54, 1.807) is 0 Å². The molecule has 0 amide bonds. The van der Waals surface area contributed by atoms with Gasteiger partial charge in [-0.25, -0.2) is 0 Å². The number of rotatable bonds is 7. The number of aromatic nitrogens is 1. The number of ketones is 2. The Morgan fingerprint density at radius 1 is 1.06 bits per heavy atom. The first-order valence-corrected chi connectivity index (χ1v) is 12.9. The van der Waals surface area contributed by atoms with Gasteiger partial charge in [0.15, 0.2) is 0 Å². The number of nitrogens with zero attached hydrogens (tertiary/aromatic N) is 1. The normalized spacial score (nSPS) is 20.9. The highest BCUT2D eigenvalue weighted by atomic mass is 32.2. The van der Waals surface area contributed by atoms with Crippen LogP contribution in [-0.4, -0.2) is 26.5 Å². The first-order valence-electron chi connectivity index (χ1n) is 11.6. The van der Waals surface area contributed by atoms with E-state index in [0.29, 0.717) is 0 Å². The third-order valence-electron chi connectivity index (χ3n) is 6.63. The van der Waals surface area contributed by atoms with Gasteiger partial charge in [0.25, 0.3) is 0 Å². The average Bonchev–Trinajstić information content (AvgIpc) is 2.78. The number of Topliss-reactive ketones (excluding diaryl/α,β-unsaturated/α-hetero) is 2. The number of alkyl halides is 3. The lowest BCUT2D eigenvalue weighted by molar-refractivity contribution is -0.141. The van der Waals surface area contributed by atoms with Crippen LogP contribution in [0.1, 0.15) is 67.5 Å². The summed E-state index contributed by atoms with van der Waals surface area (Å²) in [5, 5.41) is 0. The van der Waals surface area contributed by atoms with E-state index in [0.717, 1.165) is 47.4 Å². The minimum Gasteiger partial charge on any atom is -0.299 e. The Balaban J connectivity index is 1.74. The number of aryl methyl sites for hydroxylation is 3. The van der Waals surface area contributed by atoms with Crippen LogP contribution >= 0.6 is 0 Å². The number of benzene rings is 1. The molecule has 1 heterocycles. The molecular formula is C26H30F3NO3S. The summed E-state index contributed by atoms with van der Waals surface area (Å²) in [4.78, 5) is 30.0. The molecule has 2 atom stereocenters. The first-order chi connectivity index (χ1) is 16.0. The second kappa shape index (κ2) is 10.5. The molecule has 1 aromatic carbocycles. The first kappa shape index (κ1) is 26.3. The van der Waals surface area contributed by atoms with Gasteiger partial charge in [0, 0.05) is 24.8 Å². The molecule has 1 fully saturated rings. The van der Waals surface area contributed by atoms with Gasteiger partial charge in [-0.1, -0.05) is 38.5 Å². The number of pyridine rings is 1. The maximum atomic E-state index is 13.2. The zero-order valence-corrected chi connectivity index (χ0v) is 20.7. The highest BCUT2D eigenvalue weighted by molar-refractivity contribution is 7.85. The Hall–Kier alpha value is -2.35. The van der Waals surface area contributed by atoms with Crippen LogP contribution in [0.5, 0.6) is 0 Å². The summed E-state index contributed by atoms with van der Waals surface area (Å²) >= 11 is 0. The lowest BCUT2D eigenvalue weighted by Crippen LogP contribution is -2.36. The van der Waals surface area contributed by atoms with Gasteiger partial charge in [-0.3, -0.25) is 18.8 Å². The molecule has 1 aromatic heterocycles. The van der Waals surface area contributed by atoms with Crippen molar-refractivity contribution in [2.75, 3.05) is 5.75 Å². The molecule has 0 saturated heterocycles. The number of carbonyl (C=O) groups is 2. The van der Waals surface area contributed by atoms with Crippen LogP contribution in [0.2, 0.25) is 0 Å². The molecule has 8 heteroatoms. The minimum atomic E-state index is -4.56. The monoisotopic (exact) mass is 493 g/mol. The molecule has 1 saturated carbocycles. The Morgan fingerprint density at radius 2 is 1.62 bits per heavy atom. The summed E-state index contributed by atoms with van der Waals surface area (Å²) in [6, 6.07) is 6.08. The largest absolute Gasteiger partial charge is 0.433 e. The zero-order valence-electron chi connectivity index (χ0n) is 19.9. The lowest BCUT2D eigenvalue weighted by atomic mass is 9.70. The summed E-state index contributed by atoms with van der Waals surface area (Å²) < 4.78 is 50.9. The SMILES string of the molecule is CCc1cc(C)cc(CC)c1C1C(=O)CC(C(C)CS(=O)c2ccc(C(F)(F)F)nc2)CC1=O. The Labute approximate surface area is 200 Å². The Morgan fingerprint density at radius 3 is 2.06 bits per heavy atom. The fourth-order valence-corrected chi connectivity index (χ4v) is 6.12. The van der Waals surface area contributed by atoms with E-state index < -0.39 is 28.6 Å². The van der Waals surface area contributed by atoms with E-state index in [2.05, 4.69) is 4.98 Å². The average molecular weight is 494 g/mol. The minimum absolute atomic E-state index is 0.108. The van der Waals surface area contributed by atoms with E-state index in [4.69, 9.17) is 0 Å². The Bertz CT molecular complexity index is 1050. The highest BCUT2D eigenvalue weighted by Gasteiger charge is 2.40. The van der Waals surface area contributed by atoms with Crippen LogP contribution in [0.3, 0.4) is 0 Å². The van der Waals surface area contributed by atoms with E-state index in [1.807, 2.05) is 39.8 Å².